The van der Waals surface area contributed by atoms with Crippen molar-refractivity contribution in [3.05, 3.63) is 12.7 Å². The highest BCUT2D eigenvalue weighted by atomic mass is 32.2. The summed E-state index contributed by atoms with van der Waals surface area (Å²) in [6.07, 6.45) is 0.723. The molecule has 0 radical (unpaired) electrons. The zero-order chi connectivity index (χ0) is 8.20. The molecule has 0 aromatic rings. The van der Waals surface area contributed by atoms with Crippen LogP contribution in [0.5, 0.6) is 0 Å². The van der Waals surface area contributed by atoms with Crippen molar-refractivity contribution in [3.63, 3.8) is 0 Å². The molecule has 0 spiro atoms. The molecular weight excluding hydrogens is 156 g/mol. The summed E-state index contributed by atoms with van der Waals surface area (Å²) in [5, 5.41) is 0. The number of rotatable bonds is 4. The summed E-state index contributed by atoms with van der Waals surface area (Å²) in [7, 11) is -4.25. The Kier molecular flexibility index (Phi) is 3.24. The van der Waals surface area contributed by atoms with Crippen LogP contribution in [0, 0.1) is 0 Å². The van der Waals surface area contributed by atoms with Crippen LogP contribution < -0.4 is 0 Å². The second-order valence-corrected chi connectivity index (χ2v) is 3.21. The Morgan fingerprint density at radius 3 is 2.40 bits per heavy atom. The van der Waals surface area contributed by atoms with Gasteiger partial charge in [-0.2, -0.15) is 0 Å². The minimum Gasteiger partial charge on any atom is -0.748 e. The number of allylic oxidation sites excluding steroid dienone is 1. The smallest absolute Gasteiger partial charge is 0.156 e. The summed E-state index contributed by atoms with van der Waals surface area (Å²) in [6, 6.07) is 0. The second-order valence-electron chi connectivity index (χ2n) is 1.68. The summed E-state index contributed by atoms with van der Waals surface area (Å²) in [4.78, 5) is 10.3. The first kappa shape index (κ1) is 9.32. The predicted molar refractivity (Wildman–Crippen MR) is 34.4 cm³/mol. The van der Waals surface area contributed by atoms with Gasteiger partial charge in [0.1, 0.15) is 0 Å². The van der Waals surface area contributed by atoms with Crippen LogP contribution in [0.4, 0.5) is 0 Å². The van der Waals surface area contributed by atoms with Gasteiger partial charge in [0.25, 0.3) is 0 Å². The van der Waals surface area contributed by atoms with Crippen LogP contribution in [0.1, 0.15) is 6.42 Å². The van der Waals surface area contributed by atoms with Gasteiger partial charge in [-0.05, 0) is 6.08 Å². The molecule has 0 unspecified atom stereocenters. The molecule has 0 saturated heterocycles. The molecule has 10 heavy (non-hydrogen) atoms. The highest BCUT2D eigenvalue weighted by molar-refractivity contribution is 7.85. The third-order valence-electron chi connectivity index (χ3n) is 0.826. The van der Waals surface area contributed by atoms with Gasteiger partial charge in [-0.3, -0.25) is 4.79 Å². The molecule has 0 saturated carbocycles. The lowest BCUT2D eigenvalue weighted by Crippen LogP contribution is -2.08. The Morgan fingerprint density at radius 1 is 1.60 bits per heavy atom. The highest BCUT2D eigenvalue weighted by Gasteiger charge is 1.99. The maximum atomic E-state index is 10.3. The van der Waals surface area contributed by atoms with Gasteiger partial charge in [0.15, 0.2) is 5.78 Å². The van der Waals surface area contributed by atoms with Crippen LogP contribution in [0.25, 0.3) is 0 Å². The van der Waals surface area contributed by atoms with Crippen LogP contribution in [0.15, 0.2) is 12.7 Å². The van der Waals surface area contributed by atoms with Crippen molar-refractivity contribution in [2.24, 2.45) is 0 Å². The average Bonchev–Trinajstić information content (AvgIpc) is 1.81. The topological polar surface area (TPSA) is 74.3 Å². The molecule has 58 valence electrons. The van der Waals surface area contributed by atoms with Crippen LogP contribution >= 0.6 is 0 Å². The van der Waals surface area contributed by atoms with Crippen LogP contribution in [0.2, 0.25) is 0 Å². The number of hydrogen-bond donors (Lipinski definition) is 0. The predicted octanol–water partition coefficient (Wildman–Crippen LogP) is -0.323. The summed E-state index contributed by atoms with van der Waals surface area (Å²) in [6.45, 7) is 3.11. The second kappa shape index (κ2) is 3.48. The molecular formula is C5H7O4S-. The Hall–Kier alpha value is -0.680. The van der Waals surface area contributed by atoms with E-state index < -0.39 is 21.7 Å². The number of carbonyl (C=O) groups excluding carboxylic acids is 1. The van der Waals surface area contributed by atoms with Gasteiger partial charge in [0, 0.05) is 12.2 Å². The van der Waals surface area contributed by atoms with E-state index in [1.54, 1.807) is 0 Å². The van der Waals surface area contributed by atoms with E-state index in [1.165, 1.54) is 0 Å². The maximum absolute atomic E-state index is 10.3. The number of ketones is 1. The van der Waals surface area contributed by atoms with E-state index >= 15 is 0 Å². The lowest BCUT2D eigenvalue weighted by molar-refractivity contribution is -0.114. The van der Waals surface area contributed by atoms with E-state index in [0.717, 1.165) is 6.08 Å². The molecule has 0 fully saturated rings. The number of hydrogen-bond acceptors (Lipinski definition) is 4. The normalized spacial score (nSPS) is 10.9. The van der Waals surface area contributed by atoms with E-state index in [-0.39, 0.29) is 6.42 Å². The standard InChI is InChI=1S/C5H8O4S/c1-2-5(6)3-4-10(7,8)9/h2H,1,3-4H2,(H,7,8,9)/p-1. The fourth-order valence-electron chi connectivity index (χ4n) is 0.328. The Morgan fingerprint density at radius 2 is 2.10 bits per heavy atom. The zero-order valence-corrected chi connectivity index (χ0v) is 6.06. The van der Waals surface area contributed by atoms with Gasteiger partial charge in [-0.15, -0.1) is 0 Å². The SMILES string of the molecule is C=CC(=O)CCS(=O)(=O)[O-]. The monoisotopic (exact) mass is 163 g/mol. The van der Waals surface area contributed by atoms with Crippen LogP contribution in [-0.2, 0) is 14.9 Å². The molecule has 0 aliphatic rings. The summed E-state index contributed by atoms with van der Waals surface area (Å²) in [5.41, 5.74) is 0. The van der Waals surface area contributed by atoms with E-state index in [0.29, 0.717) is 0 Å². The maximum Gasteiger partial charge on any atom is 0.156 e. The first-order chi connectivity index (χ1) is 4.45. The van der Waals surface area contributed by atoms with Gasteiger partial charge < -0.3 is 4.55 Å². The molecule has 0 aliphatic carbocycles. The zero-order valence-electron chi connectivity index (χ0n) is 5.24. The van der Waals surface area contributed by atoms with E-state index in [4.69, 9.17) is 0 Å². The van der Waals surface area contributed by atoms with Crippen molar-refractivity contribution in [2.45, 2.75) is 6.42 Å². The molecule has 0 atom stereocenters. The van der Waals surface area contributed by atoms with Crippen molar-refractivity contribution in [1.82, 2.24) is 0 Å². The molecule has 0 N–H and O–H groups in total. The van der Waals surface area contributed by atoms with E-state index in [9.17, 15) is 17.8 Å². The minimum absolute atomic E-state index is 0.269. The number of carbonyl (C=O) groups is 1. The van der Waals surface area contributed by atoms with Crippen molar-refractivity contribution in [1.29, 1.82) is 0 Å². The van der Waals surface area contributed by atoms with Crippen LogP contribution in [-0.4, -0.2) is 24.5 Å². The van der Waals surface area contributed by atoms with Crippen molar-refractivity contribution in [3.8, 4) is 0 Å². The molecule has 0 aromatic heterocycles. The van der Waals surface area contributed by atoms with Gasteiger partial charge in [0.05, 0.1) is 10.1 Å². The molecule has 0 amide bonds. The minimum atomic E-state index is -4.25. The summed E-state index contributed by atoms with van der Waals surface area (Å²) < 4.78 is 29.7. The average molecular weight is 163 g/mol. The molecule has 0 rings (SSSR count). The largest absolute Gasteiger partial charge is 0.748 e. The molecule has 4 nitrogen and oxygen atoms in total. The molecule has 0 heterocycles. The van der Waals surface area contributed by atoms with E-state index in [1.807, 2.05) is 0 Å². The highest BCUT2D eigenvalue weighted by Crippen LogP contribution is 1.89. The molecule has 0 aromatic carbocycles. The quantitative estimate of drug-likeness (QED) is 0.420. The third-order valence-corrected chi connectivity index (χ3v) is 1.53. The first-order valence-electron chi connectivity index (χ1n) is 2.54. The lowest BCUT2D eigenvalue weighted by Gasteiger charge is -2.02. The first-order valence-corrected chi connectivity index (χ1v) is 4.12. The van der Waals surface area contributed by atoms with Gasteiger partial charge in [-0.25, -0.2) is 8.42 Å². The van der Waals surface area contributed by atoms with Gasteiger partial charge in [0.2, 0.25) is 0 Å². The van der Waals surface area contributed by atoms with Crippen molar-refractivity contribution < 1.29 is 17.8 Å². The van der Waals surface area contributed by atoms with Crippen molar-refractivity contribution >= 4 is 15.9 Å². The van der Waals surface area contributed by atoms with E-state index in [2.05, 4.69) is 6.58 Å². The van der Waals surface area contributed by atoms with Crippen molar-refractivity contribution in [2.75, 3.05) is 5.75 Å². The Bertz CT molecular complexity index is 226. The lowest BCUT2D eigenvalue weighted by atomic mass is 10.3. The molecule has 5 heteroatoms. The Labute approximate surface area is 59.3 Å². The summed E-state index contributed by atoms with van der Waals surface area (Å²) >= 11 is 0. The summed E-state index contributed by atoms with van der Waals surface area (Å²) in [5.74, 6) is -1.07. The van der Waals surface area contributed by atoms with Gasteiger partial charge >= 0.3 is 0 Å². The van der Waals surface area contributed by atoms with Crippen LogP contribution in [0.3, 0.4) is 0 Å². The Balaban J connectivity index is 3.78. The molecule has 0 aliphatic heterocycles. The molecule has 0 bridgehead atoms. The fraction of sp³-hybridized carbons (Fsp3) is 0.400. The fourth-order valence-corrected chi connectivity index (χ4v) is 0.779. The third kappa shape index (κ3) is 5.46. The van der Waals surface area contributed by atoms with Gasteiger partial charge in [-0.1, -0.05) is 6.58 Å².